The van der Waals surface area contributed by atoms with Crippen molar-refractivity contribution in [1.29, 1.82) is 0 Å². The van der Waals surface area contributed by atoms with E-state index in [1.54, 1.807) is 0 Å². The van der Waals surface area contributed by atoms with Gasteiger partial charge in [-0.15, -0.1) is 0 Å². The average Bonchev–Trinajstić information content (AvgIpc) is 2.29. The Kier molecular flexibility index (Phi) is 9.59. The van der Waals surface area contributed by atoms with Crippen molar-refractivity contribution < 1.29 is 38.1 Å². The van der Waals surface area contributed by atoms with Gasteiger partial charge in [0.25, 0.3) is 6.29 Å². The van der Waals surface area contributed by atoms with E-state index in [1.165, 1.54) is 21.3 Å². The molecule has 0 amide bonds. The second kappa shape index (κ2) is 10.4. The number of esters is 2. The van der Waals surface area contributed by atoms with E-state index in [4.69, 9.17) is 9.47 Å². The minimum absolute atomic E-state index is 0.167. The lowest BCUT2D eigenvalue weighted by Gasteiger charge is -2.17. The smallest absolute Gasteiger partial charge is 0.335 e. The highest BCUT2D eigenvalue weighted by atomic mass is 16.7. The summed E-state index contributed by atoms with van der Waals surface area (Å²) in [4.78, 5) is 33.8. The second-order valence-corrected chi connectivity index (χ2v) is 3.45. The lowest BCUT2D eigenvalue weighted by Crippen LogP contribution is -2.30. The maximum atomic E-state index is 11.4. The van der Waals surface area contributed by atoms with Gasteiger partial charge in [0.1, 0.15) is 19.8 Å². The Morgan fingerprint density at radius 2 is 1.21 bits per heavy atom. The largest absolute Gasteiger partial charge is 0.423 e. The van der Waals surface area contributed by atoms with E-state index in [0.29, 0.717) is 0 Å². The maximum absolute atomic E-state index is 11.4. The lowest BCUT2D eigenvalue weighted by atomic mass is 10.3. The summed E-state index contributed by atoms with van der Waals surface area (Å²) in [7, 11) is 3.97. The number of rotatable bonds is 10. The monoisotopic (exact) mass is 278 g/mol. The Labute approximate surface area is 110 Å². The van der Waals surface area contributed by atoms with Crippen molar-refractivity contribution in [1.82, 2.24) is 0 Å². The van der Waals surface area contributed by atoms with Crippen molar-refractivity contribution in [2.24, 2.45) is 0 Å². The van der Waals surface area contributed by atoms with Crippen molar-refractivity contribution in [2.45, 2.75) is 12.7 Å². The van der Waals surface area contributed by atoms with Gasteiger partial charge in [0.15, 0.2) is 5.78 Å². The van der Waals surface area contributed by atoms with Crippen LogP contribution in [0.4, 0.5) is 0 Å². The molecule has 0 heterocycles. The van der Waals surface area contributed by atoms with E-state index < -0.39 is 18.2 Å². The normalized spacial score (nSPS) is 10.3. The Bertz CT molecular complexity index is 254. The van der Waals surface area contributed by atoms with Crippen LogP contribution in [0.5, 0.6) is 0 Å². The van der Waals surface area contributed by atoms with Crippen LogP contribution in [0.1, 0.15) is 6.42 Å². The summed E-state index contributed by atoms with van der Waals surface area (Å²) in [5.74, 6) is -1.87. The Morgan fingerprint density at radius 3 is 1.58 bits per heavy atom. The lowest BCUT2D eigenvalue weighted by molar-refractivity contribution is -0.193. The molecule has 0 radical (unpaired) electrons. The molecule has 19 heavy (non-hydrogen) atoms. The number of hydrogen-bond acceptors (Lipinski definition) is 8. The van der Waals surface area contributed by atoms with E-state index in [2.05, 4.69) is 14.2 Å². The highest BCUT2D eigenvalue weighted by Crippen LogP contribution is 2.04. The molecule has 8 heteroatoms. The summed E-state index contributed by atoms with van der Waals surface area (Å²) in [6.45, 7) is -0.784. The van der Waals surface area contributed by atoms with Gasteiger partial charge in [0.2, 0.25) is 0 Å². The fourth-order valence-corrected chi connectivity index (χ4v) is 1.11. The molecule has 0 unspecified atom stereocenters. The number of carbonyl (C=O) groups is 3. The molecule has 0 aliphatic carbocycles. The first kappa shape index (κ1) is 17.5. The summed E-state index contributed by atoms with van der Waals surface area (Å²) >= 11 is 0. The highest BCUT2D eigenvalue weighted by Gasteiger charge is 2.22. The fourth-order valence-electron chi connectivity index (χ4n) is 1.11. The predicted molar refractivity (Wildman–Crippen MR) is 61.2 cm³/mol. The first-order chi connectivity index (χ1) is 9.03. The number of ketones is 1. The van der Waals surface area contributed by atoms with E-state index in [9.17, 15) is 14.4 Å². The van der Waals surface area contributed by atoms with Gasteiger partial charge < -0.3 is 23.7 Å². The molecule has 0 atom stereocenters. The maximum Gasteiger partial charge on any atom is 0.335 e. The zero-order chi connectivity index (χ0) is 14.7. The van der Waals surface area contributed by atoms with E-state index in [-0.39, 0.29) is 32.0 Å². The third kappa shape index (κ3) is 9.11. The molecule has 0 bridgehead atoms. The summed E-state index contributed by atoms with van der Waals surface area (Å²) in [6.07, 6.45) is -1.60. The first-order valence-corrected chi connectivity index (χ1v) is 5.41. The molecule has 0 rings (SSSR count). The highest BCUT2D eigenvalue weighted by molar-refractivity contribution is 5.81. The van der Waals surface area contributed by atoms with Gasteiger partial charge in [0, 0.05) is 21.3 Å². The Hall–Kier alpha value is -1.51. The molecule has 0 aromatic rings. The van der Waals surface area contributed by atoms with Crippen molar-refractivity contribution in [3.63, 3.8) is 0 Å². The summed E-state index contributed by atoms with van der Waals surface area (Å²) in [6, 6.07) is 0. The Balaban J connectivity index is 4.40. The van der Waals surface area contributed by atoms with Gasteiger partial charge in [-0.2, -0.15) is 0 Å². The van der Waals surface area contributed by atoms with Crippen LogP contribution in [0.3, 0.4) is 0 Å². The molecule has 0 saturated heterocycles. The van der Waals surface area contributed by atoms with Crippen molar-refractivity contribution in [3.8, 4) is 0 Å². The summed E-state index contributed by atoms with van der Waals surface area (Å²) in [5, 5.41) is 0. The number of carbonyl (C=O) groups excluding carboxylic acids is 3. The van der Waals surface area contributed by atoms with Crippen LogP contribution in [-0.4, -0.2) is 65.2 Å². The van der Waals surface area contributed by atoms with Gasteiger partial charge in [0.05, 0.1) is 6.42 Å². The van der Waals surface area contributed by atoms with Crippen LogP contribution in [0.15, 0.2) is 0 Å². The van der Waals surface area contributed by atoms with Crippen LogP contribution in [0, 0.1) is 0 Å². The third-order valence-electron chi connectivity index (χ3n) is 1.75. The molecule has 0 aliphatic rings. The molecule has 0 N–H and O–H groups in total. The van der Waals surface area contributed by atoms with Crippen LogP contribution in [-0.2, 0) is 38.1 Å². The first-order valence-electron chi connectivity index (χ1n) is 5.41. The van der Waals surface area contributed by atoms with Crippen molar-refractivity contribution in [2.75, 3.05) is 41.2 Å². The molecule has 0 saturated carbocycles. The quantitative estimate of drug-likeness (QED) is 0.382. The summed E-state index contributed by atoms with van der Waals surface area (Å²) < 4.78 is 23.3. The van der Waals surface area contributed by atoms with Gasteiger partial charge in [-0.05, 0) is 0 Å². The van der Waals surface area contributed by atoms with E-state index in [1.807, 2.05) is 0 Å². The molecular formula is C11H18O8. The number of methoxy groups -OCH3 is 3. The van der Waals surface area contributed by atoms with E-state index in [0.717, 1.165) is 0 Å². The van der Waals surface area contributed by atoms with Gasteiger partial charge in [-0.25, -0.2) is 9.59 Å². The summed E-state index contributed by atoms with van der Waals surface area (Å²) in [5.41, 5.74) is 0. The number of Topliss-reactive ketones (excluding diaryl/α,β-unsaturated/α-hetero) is 1. The molecule has 0 aromatic heterocycles. The molecule has 0 aromatic carbocycles. The topological polar surface area (TPSA) is 97.4 Å². The van der Waals surface area contributed by atoms with Gasteiger partial charge in [-0.1, -0.05) is 0 Å². The van der Waals surface area contributed by atoms with Gasteiger partial charge in [-0.3, -0.25) is 4.79 Å². The minimum Gasteiger partial charge on any atom is -0.423 e. The van der Waals surface area contributed by atoms with Crippen molar-refractivity contribution in [3.05, 3.63) is 0 Å². The zero-order valence-corrected chi connectivity index (χ0v) is 11.2. The fraction of sp³-hybridized carbons (Fsp3) is 0.727. The Morgan fingerprint density at radius 1 is 0.789 bits per heavy atom. The van der Waals surface area contributed by atoms with Crippen LogP contribution in [0.25, 0.3) is 0 Å². The molecular weight excluding hydrogens is 260 g/mol. The molecule has 0 fully saturated rings. The molecule has 0 aliphatic heterocycles. The van der Waals surface area contributed by atoms with Crippen LogP contribution < -0.4 is 0 Å². The second-order valence-electron chi connectivity index (χ2n) is 3.45. The predicted octanol–water partition coefficient (Wildman–Crippen LogP) is -0.703. The van der Waals surface area contributed by atoms with Crippen molar-refractivity contribution >= 4 is 17.7 Å². The third-order valence-corrected chi connectivity index (χ3v) is 1.75. The van der Waals surface area contributed by atoms with Crippen LogP contribution in [0.2, 0.25) is 0 Å². The number of hydrogen-bond donors (Lipinski definition) is 0. The zero-order valence-electron chi connectivity index (χ0n) is 11.2. The minimum atomic E-state index is -1.31. The molecule has 8 nitrogen and oxygen atoms in total. The van der Waals surface area contributed by atoms with E-state index >= 15 is 0 Å². The van der Waals surface area contributed by atoms with Crippen LogP contribution >= 0.6 is 0 Å². The standard InChI is InChI=1S/C11H18O8/c1-15-5-8(12)4-11(18-9(13)6-16-2)19-10(14)7-17-3/h11H,4-7H2,1-3H3. The number of ether oxygens (including phenoxy) is 5. The average molecular weight is 278 g/mol. The molecule has 0 spiro atoms. The molecule has 110 valence electrons. The van der Waals surface area contributed by atoms with Gasteiger partial charge >= 0.3 is 11.9 Å². The SMILES string of the molecule is COCC(=O)CC(OC(=O)COC)OC(=O)COC.